The molecule has 5 heteroatoms. The second kappa shape index (κ2) is 9.70. The highest BCUT2D eigenvalue weighted by molar-refractivity contribution is 5.97. The van der Waals surface area contributed by atoms with E-state index in [0.29, 0.717) is 11.7 Å². The highest BCUT2D eigenvalue weighted by atomic mass is 16.5. The van der Waals surface area contributed by atoms with Crippen molar-refractivity contribution in [3.05, 3.63) is 65.2 Å². The van der Waals surface area contributed by atoms with Crippen LogP contribution in [-0.2, 0) is 11.3 Å². The molecule has 0 radical (unpaired) electrons. The number of hydrogen-bond acceptors (Lipinski definition) is 4. The Kier molecular flexibility index (Phi) is 7.04. The maximum atomic E-state index is 12.8. The molecule has 0 saturated carbocycles. The summed E-state index contributed by atoms with van der Waals surface area (Å²) in [6.45, 7) is 6.49. The molecule has 0 atom stereocenters. The average Bonchev–Trinajstić information content (AvgIpc) is 2.72. The first-order chi connectivity index (χ1) is 13.9. The topological polar surface area (TPSA) is 66.8 Å². The van der Waals surface area contributed by atoms with Crippen molar-refractivity contribution in [2.24, 2.45) is 5.92 Å². The van der Waals surface area contributed by atoms with Gasteiger partial charge in [-0.25, -0.2) is 4.79 Å². The van der Waals surface area contributed by atoms with Crippen molar-refractivity contribution in [1.29, 1.82) is 0 Å². The number of Topliss-reactive ketones (excluding diaryl/α,β-unsaturated/α-hetero) is 1. The fourth-order valence-electron chi connectivity index (χ4n) is 3.76. The molecule has 3 rings (SSSR count). The summed E-state index contributed by atoms with van der Waals surface area (Å²) in [5, 5.41) is 8.73. The van der Waals surface area contributed by atoms with Gasteiger partial charge in [0.1, 0.15) is 5.75 Å². The third-order valence-corrected chi connectivity index (χ3v) is 5.49. The minimum absolute atomic E-state index is 0.0846. The zero-order valence-corrected chi connectivity index (χ0v) is 17.1. The molecule has 0 unspecified atom stereocenters. The summed E-state index contributed by atoms with van der Waals surface area (Å²) in [5.74, 6) is 0.390. The number of nitrogens with zero attached hydrogens (tertiary/aromatic N) is 1. The van der Waals surface area contributed by atoms with Gasteiger partial charge in [-0.3, -0.25) is 9.69 Å². The Morgan fingerprint density at radius 2 is 1.79 bits per heavy atom. The van der Waals surface area contributed by atoms with E-state index in [4.69, 9.17) is 9.84 Å². The number of ketones is 1. The Morgan fingerprint density at radius 3 is 2.41 bits per heavy atom. The second-order valence-electron chi connectivity index (χ2n) is 8.02. The van der Waals surface area contributed by atoms with E-state index in [1.165, 1.54) is 5.56 Å². The van der Waals surface area contributed by atoms with E-state index in [0.717, 1.165) is 43.6 Å². The van der Waals surface area contributed by atoms with Gasteiger partial charge in [0, 0.05) is 18.0 Å². The number of benzene rings is 2. The molecule has 0 bridgehead atoms. The number of rotatable bonds is 8. The molecular formula is C24H29NO4. The minimum Gasteiger partial charge on any atom is -0.482 e. The molecule has 1 saturated heterocycles. The predicted octanol–water partition coefficient (Wildman–Crippen LogP) is 4.37. The standard InChI is InChI=1S/C24H29NO4/c1-17(2)19-6-8-20(9-7-19)24(28)21-10-12-25(13-11-21)15-18-4-3-5-22(14-18)29-16-23(26)27/h3-9,14,17,21H,10-13,15-16H2,1-2H3,(H,26,27). The molecule has 1 heterocycles. The lowest BCUT2D eigenvalue weighted by molar-refractivity contribution is -0.139. The van der Waals surface area contributed by atoms with Gasteiger partial charge in [0.2, 0.25) is 0 Å². The lowest BCUT2D eigenvalue weighted by Gasteiger charge is -2.31. The van der Waals surface area contributed by atoms with Crippen LogP contribution in [-0.4, -0.2) is 41.5 Å². The van der Waals surface area contributed by atoms with Gasteiger partial charge in [0.25, 0.3) is 0 Å². The Hall–Kier alpha value is -2.66. The highest BCUT2D eigenvalue weighted by Gasteiger charge is 2.25. The highest BCUT2D eigenvalue weighted by Crippen LogP contribution is 2.25. The van der Waals surface area contributed by atoms with Gasteiger partial charge >= 0.3 is 5.97 Å². The molecule has 2 aromatic rings. The van der Waals surface area contributed by atoms with Gasteiger partial charge in [0.05, 0.1) is 0 Å². The van der Waals surface area contributed by atoms with Crippen molar-refractivity contribution in [2.45, 2.75) is 39.2 Å². The summed E-state index contributed by atoms with van der Waals surface area (Å²) < 4.78 is 5.26. The van der Waals surface area contributed by atoms with E-state index in [1.54, 1.807) is 6.07 Å². The zero-order valence-electron chi connectivity index (χ0n) is 17.1. The number of carboxylic acids is 1. The molecule has 0 aliphatic carbocycles. The summed E-state index contributed by atoms with van der Waals surface area (Å²) in [7, 11) is 0. The lowest BCUT2D eigenvalue weighted by Crippen LogP contribution is -2.36. The van der Waals surface area contributed by atoms with Crippen LogP contribution in [0, 0.1) is 5.92 Å². The Balaban J connectivity index is 1.52. The molecule has 29 heavy (non-hydrogen) atoms. The normalized spacial score (nSPS) is 15.4. The monoisotopic (exact) mass is 395 g/mol. The van der Waals surface area contributed by atoms with Crippen LogP contribution in [0.4, 0.5) is 0 Å². The van der Waals surface area contributed by atoms with Crippen LogP contribution in [0.5, 0.6) is 5.75 Å². The van der Waals surface area contributed by atoms with Crippen molar-refractivity contribution in [3.8, 4) is 5.75 Å². The molecule has 5 nitrogen and oxygen atoms in total. The molecule has 0 spiro atoms. The van der Waals surface area contributed by atoms with Gasteiger partial charge in [-0.1, -0.05) is 50.2 Å². The molecule has 1 aliphatic heterocycles. The first kappa shape index (κ1) is 21.1. The van der Waals surface area contributed by atoms with E-state index in [2.05, 4.69) is 30.9 Å². The van der Waals surface area contributed by atoms with Crippen LogP contribution in [0.3, 0.4) is 0 Å². The third-order valence-electron chi connectivity index (χ3n) is 5.49. The molecule has 154 valence electrons. The number of carboxylic acid groups (broad SMARTS) is 1. The van der Waals surface area contributed by atoms with Gasteiger partial charge in [0.15, 0.2) is 12.4 Å². The maximum absolute atomic E-state index is 12.8. The van der Waals surface area contributed by atoms with Crippen LogP contribution in [0.2, 0.25) is 0 Å². The maximum Gasteiger partial charge on any atom is 0.341 e. The summed E-state index contributed by atoms with van der Waals surface area (Å²) in [6, 6.07) is 15.6. The van der Waals surface area contributed by atoms with Gasteiger partial charge in [-0.05, 0) is 55.1 Å². The molecular weight excluding hydrogens is 366 g/mol. The van der Waals surface area contributed by atoms with E-state index in [-0.39, 0.29) is 18.3 Å². The molecule has 0 amide bonds. The van der Waals surface area contributed by atoms with Crippen LogP contribution in [0.25, 0.3) is 0 Å². The van der Waals surface area contributed by atoms with E-state index in [1.807, 2.05) is 30.3 Å². The van der Waals surface area contributed by atoms with E-state index >= 15 is 0 Å². The van der Waals surface area contributed by atoms with Crippen molar-refractivity contribution in [2.75, 3.05) is 19.7 Å². The SMILES string of the molecule is CC(C)c1ccc(C(=O)C2CCN(Cc3cccc(OCC(=O)O)c3)CC2)cc1. The first-order valence-electron chi connectivity index (χ1n) is 10.2. The smallest absolute Gasteiger partial charge is 0.341 e. The van der Waals surface area contributed by atoms with Gasteiger partial charge in [-0.2, -0.15) is 0 Å². The largest absolute Gasteiger partial charge is 0.482 e. The molecule has 1 fully saturated rings. The first-order valence-corrected chi connectivity index (χ1v) is 10.2. The number of likely N-dealkylation sites (tertiary alicyclic amines) is 1. The second-order valence-corrected chi connectivity index (χ2v) is 8.02. The number of hydrogen-bond donors (Lipinski definition) is 1. The lowest BCUT2D eigenvalue weighted by atomic mass is 9.88. The Morgan fingerprint density at radius 1 is 1.10 bits per heavy atom. The summed E-state index contributed by atoms with van der Waals surface area (Å²) in [5.41, 5.74) is 3.16. The molecule has 2 aromatic carbocycles. The Labute approximate surface area is 172 Å². The number of carbonyl (C=O) groups is 2. The summed E-state index contributed by atoms with van der Waals surface area (Å²) in [4.78, 5) is 25.8. The fraction of sp³-hybridized carbons (Fsp3) is 0.417. The van der Waals surface area contributed by atoms with E-state index < -0.39 is 5.97 Å². The molecule has 1 N–H and O–H groups in total. The van der Waals surface area contributed by atoms with Crippen LogP contribution < -0.4 is 4.74 Å². The Bertz CT molecular complexity index is 836. The molecule has 0 aromatic heterocycles. The number of ether oxygens (including phenoxy) is 1. The predicted molar refractivity (Wildman–Crippen MR) is 112 cm³/mol. The summed E-state index contributed by atoms with van der Waals surface area (Å²) >= 11 is 0. The van der Waals surface area contributed by atoms with Gasteiger partial charge < -0.3 is 9.84 Å². The van der Waals surface area contributed by atoms with Crippen LogP contribution in [0.1, 0.15) is 54.1 Å². The average molecular weight is 395 g/mol. The quantitative estimate of drug-likeness (QED) is 0.673. The fourth-order valence-corrected chi connectivity index (χ4v) is 3.76. The molecule has 1 aliphatic rings. The van der Waals surface area contributed by atoms with E-state index in [9.17, 15) is 9.59 Å². The van der Waals surface area contributed by atoms with Gasteiger partial charge in [-0.15, -0.1) is 0 Å². The number of piperidine rings is 1. The summed E-state index contributed by atoms with van der Waals surface area (Å²) in [6.07, 6.45) is 1.72. The zero-order chi connectivity index (χ0) is 20.8. The van der Waals surface area contributed by atoms with Crippen molar-refractivity contribution >= 4 is 11.8 Å². The van der Waals surface area contributed by atoms with Crippen molar-refractivity contribution in [1.82, 2.24) is 4.90 Å². The minimum atomic E-state index is -0.985. The van der Waals surface area contributed by atoms with Crippen molar-refractivity contribution in [3.63, 3.8) is 0 Å². The van der Waals surface area contributed by atoms with Crippen LogP contribution >= 0.6 is 0 Å². The third kappa shape index (κ3) is 5.91. The number of aliphatic carboxylic acids is 1. The number of carbonyl (C=O) groups excluding carboxylic acids is 1. The van der Waals surface area contributed by atoms with Crippen molar-refractivity contribution < 1.29 is 19.4 Å². The van der Waals surface area contributed by atoms with Crippen LogP contribution in [0.15, 0.2) is 48.5 Å².